The number of aryl methyl sites for hydroxylation is 1. The smallest absolute Gasteiger partial charge is 0.268 e. The summed E-state index contributed by atoms with van der Waals surface area (Å²) in [5.41, 5.74) is -0.548. The molecule has 3 nitrogen and oxygen atoms in total. The van der Waals surface area contributed by atoms with Crippen LogP contribution in [-0.4, -0.2) is 17.3 Å². The molecule has 0 aliphatic heterocycles. The van der Waals surface area contributed by atoms with Gasteiger partial charge in [0.05, 0.1) is 23.9 Å². The van der Waals surface area contributed by atoms with E-state index < -0.39 is 17.2 Å². The van der Waals surface area contributed by atoms with Crippen molar-refractivity contribution in [2.24, 2.45) is 0 Å². The summed E-state index contributed by atoms with van der Waals surface area (Å²) in [6, 6.07) is 0. The van der Waals surface area contributed by atoms with Gasteiger partial charge in [0.25, 0.3) is 11.7 Å². The SMILES string of the molecule is COc1c(C)ncc(C(=O)Cl)c1C(F)F. The van der Waals surface area contributed by atoms with Crippen LogP contribution in [0.3, 0.4) is 0 Å². The Labute approximate surface area is 90.0 Å². The van der Waals surface area contributed by atoms with Gasteiger partial charge in [-0.25, -0.2) is 8.78 Å². The predicted octanol–water partition coefficient (Wildman–Crippen LogP) is 2.72. The molecule has 1 aromatic heterocycles. The van der Waals surface area contributed by atoms with Crippen LogP contribution in [0.25, 0.3) is 0 Å². The third-order valence-electron chi connectivity index (χ3n) is 1.88. The molecule has 82 valence electrons. The number of halogens is 3. The molecule has 0 bridgehead atoms. The van der Waals surface area contributed by atoms with Crippen LogP contribution in [0.4, 0.5) is 8.78 Å². The highest BCUT2D eigenvalue weighted by Gasteiger charge is 2.24. The summed E-state index contributed by atoms with van der Waals surface area (Å²) >= 11 is 5.17. The number of pyridine rings is 1. The van der Waals surface area contributed by atoms with E-state index in [9.17, 15) is 13.6 Å². The zero-order chi connectivity index (χ0) is 11.6. The molecule has 0 fully saturated rings. The summed E-state index contributed by atoms with van der Waals surface area (Å²) in [5, 5.41) is -0.976. The molecule has 0 aromatic carbocycles. The van der Waals surface area contributed by atoms with Crippen molar-refractivity contribution in [2.75, 3.05) is 7.11 Å². The van der Waals surface area contributed by atoms with Gasteiger partial charge in [-0.3, -0.25) is 9.78 Å². The van der Waals surface area contributed by atoms with E-state index in [0.29, 0.717) is 0 Å². The zero-order valence-corrected chi connectivity index (χ0v) is 8.81. The fourth-order valence-corrected chi connectivity index (χ4v) is 1.39. The zero-order valence-electron chi connectivity index (χ0n) is 8.05. The molecular formula is C9H8ClF2NO2. The quantitative estimate of drug-likeness (QED) is 0.756. The molecule has 15 heavy (non-hydrogen) atoms. The minimum absolute atomic E-state index is 0.100. The number of rotatable bonds is 3. The highest BCUT2D eigenvalue weighted by molar-refractivity contribution is 6.67. The molecule has 6 heteroatoms. The van der Waals surface area contributed by atoms with Crippen molar-refractivity contribution in [3.8, 4) is 5.75 Å². The number of ether oxygens (including phenoxy) is 1. The van der Waals surface area contributed by atoms with Crippen LogP contribution in [0.2, 0.25) is 0 Å². The molecule has 1 rings (SSSR count). The maximum Gasteiger partial charge on any atom is 0.268 e. The van der Waals surface area contributed by atoms with Crippen LogP contribution in [0.15, 0.2) is 6.20 Å². The number of carbonyl (C=O) groups excluding carboxylic acids is 1. The molecule has 0 spiro atoms. The number of nitrogens with zero attached hydrogens (tertiary/aromatic N) is 1. The maximum absolute atomic E-state index is 12.7. The first-order chi connectivity index (χ1) is 6.99. The molecule has 0 amide bonds. The van der Waals surface area contributed by atoms with Crippen LogP contribution in [0.5, 0.6) is 5.75 Å². The highest BCUT2D eigenvalue weighted by atomic mass is 35.5. The van der Waals surface area contributed by atoms with Gasteiger partial charge in [0.15, 0.2) is 0 Å². The third-order valence-corrected chi connectivity index (χ3v) is 2.09. The summed E-state index contributed by atoms with van der Waals surface area (Å²) in [4.78, 5) is 14.6. The fourth-order valence-electron chi connectivity index (χ4n) is 1.24. The Morgan fingerprint density at radius 3 is 2.60 bits per heavy atom. The second-order valence-electron chi connectivity index (χ2n) is 2.78. The van der Waals surface area contributed by atoms with Crippen molar-refractivity contribution < 1.29 is 18.3 Å². The van der Waals surface area contributed by atoms with E-state index in [1.807, 2.05) is 0 Å². The van der Waals surface area contributed by atoms with Crippen molar-refractivity contribution in [1.29, 1.82) is 0 Å². The Kier molecular flexibility index (Phi) is 3.57. The van der Waals surface area contributed by atoms with Gasteiger partial charge in [-0.1, -0.05) is 0 Å². The lowest BCUT2D eigenvalue weighted by Gasteiger charge is -2.12. The average molecular weight is 236 g/mol. The molecule has 0 saturated heterocycles. The minimum atomic E-state index is -2.83. The summed E-state index contributed by atoms with van der Waals surface area (Å²) < 4.78 is 30.2. The van der Waals surface area contributed by atoms with E-state index in [0.717, 1.165) is 6.20 Å². The lowest BCUT2D eigenvalue weighted by atomic mass is 10.1. The first-order valence-corrected chi connectivity index (χ1v) is 4.38. The summed E-state index contributed by atoms with van der Waals surface area (Å²) in [6.07, 6.45) is -1.81. The van der Waals surface area contributed by atoms with E-state index in [1.54, 1.807) is 0 Å². The number of hydrogen-bond acceptors (Lipinski definition) is 3. The van der Waals surface area contributed by atoms with Gasteiger partial charge in [-0.05, 0) is 18.5 Å². The predicted molar refractivity (Wildman–Crippen MR) is 50.7 cm³/mol. The highest BCUT2D eigenvalue weighted by Crippen LogP contribution is 2.34. The molecule has 0 aliphatic rings. The van der Waals surface area contributed by atoms with Crippen LogP contribution >= 0.6 is 11.6 Å². The largest absolute Gasteiger partial charge is 0.494 e. The Morgan fingerprint density at radius 2 is 2.20 bits per heavy atom. The lowest BCUT2D eigenvalue weighted by Crippen LogP contribution is -2.05. The Morgan fingerprint density at radius 1 is 1.60 bits per heavy atom. The van der Waals surface area contributed by atoms with Crippen molar-refractivity contribution >= 4 is 16.8 Å². The normalized spacial score (nSPS) is 10.5. The van der Waals surface area contributed by atoms with Crippen molar-refractivity contribution in [3.63, 3.8) is 0 Å². The topological polar surface area (TPSA) is 39.2 Å². The van der Waals surface area contributed by atoms with Gasteiger partial charge >= 0.3 is 0 Å². The first kappa shape index (κ1) is 11.8. The van der Waals surface area contributed by atoms with Crippen LogP contribution in [0, 0.1) is 6.92 Å². The average Bonchev–Trinajstić information content (AvgIpc) is 2.16. The second-order valence-corrected chi connectivity index (χ2v) is 3.12. The third kappa shape index (κ3) is 2.23. The molecule has 0 saturated carbocycles. The van der Waals surface area contributed by atoms with E-state index >= 15 is 0 Å². The second kappa shape index (κ2) is 4.53. The molecule has 1 heterocycles. The van der Waals surface area contributed by atoms with Gasteiger partial charge in [-0.15, -0.1) is 0 Å². The number of alkyl halides is 2. The molecular weight excluding hydrogens is 228 g/mol. The monoisotopic (exact) mass is 235 g/mol. The fraction of sp³-hybridized carbons (Fsp3) is 0.333. The van der Waals surface area contributed by atoms with Crippen molar-refractivity contribution in [2.45, 2.75) is 13.3 Å². The van der Waals surface area contributed by atoms with Gasteiger partial charge in [0.2, 0.25) is 0 Å². The van der Waals surface area contributed by atoms with E-state index in [2.05, 4.69) is 4.98 Å². The van der Waals surface area contributed by atoms with Crippen LogP contribution < -0.4 is 4.74 Å². The van der Waals surface area contributed by atoms with Gasteiger partial charge in [0.1, 0.15) is 5.75 Å². The number of carbonyl (C=O) groups is 1. The van der Waals surface area contributed by atoms with Crippen LogP contribution in [-0.2, 0) is 0 Å². The van der Waals surface area contributed by atoms with E-state index in [-0.39, 0.29) is 17.0 Å². The van der Waals surface area contributed by atoms with Gasteiger partial charge in [0, 0.05) is 6.20 Å². The van der Waals surface area contributed by atoms with Crippen molar-refractivity contribution in [3.05, 3.63) is 23.0 Å². The Bertz CT molecular complexity index is 396. The van der Waals surface area contributed by atoms with Gasteiger partial charge < -0.3 is 4.74 Å². The molecule has 0 unspecified atom stereocenters. The summed E-state index contributed by atoms with van der Waals surface area (Å²) in [6.45, 7) is 1.51. The Hall–Kier alpha value is -1.23. The molecule has 0 atom stereocenters. The molecule has 0 N–H and O–H groups in total. The molecule has 0 radical (unpaired) electrons. The summed E-state index contributed by atoms with van der Waals surface area (Å²) in [5.74, 6) is -0.100. The summed E-state index contributed by atoms with van der Waals surface area (Å²) in [7, 11) is 1.23. The first-order valence-electron chi connectivity index (χ1n) is 4.00. The van der Waals surface area contributed by atoms with E-state index in [1.165, 1.54) is 14.0 Å². The number of aromatic nitrogens is 1. The van der Waals surface area contributed by atoms with E-state index in [4.69, 9.17) is 16.3 Å². The standard InChI is InChI=1S/C9H8ClF2NO2/c1-4-7(15-2)6(9(11)12)5(3-13-4)8(10)14/h3,9H,1-2H3. The molecule has 0 aliphatic carbocycles. The number of methoxy groups -OCH3 is 1. The Balaban J connectivity index is 3.49. The van der Waals surface area contributed by atoms with Crippen molar-refractivity contribution in [1.82, 2.24) is 4.98 Å². The lowest BCUT2D eigenvalue weighted by molar-refractivity contribution is 0.106. The maximum atomic E-state index is 12.7. The number of hydrogen-bond donors (Lipinski definition) is 0. The minimum Gasteiger partial charge on any atom is -0.494 e. The van der Waals surface area contributed by atoms with Gasteiger partial charge in [-0.2, -0.15) is 0 Å². The van der Waals surface area contributed by atoms with Crippen LogP contribution in [0.1, 0.15) is 28.0 Å². The molecule has 1 aromatic rings.